The summed E-state index contributed by atoms with van der Waals surface area (Å²) in [7, 11) is 0. The first-order chi connectivity index (χ1) is 13.1. The van der Waals surface area contributed by atoms with Crippen LogP contribution in [0.15, 0.2) is 54.6 Å². The molecule has 0 amide bonds. The second-order valence-electron chi connectivity index (χ2n) is 5.96. The number of nitrogens with zero attached hydrogens (tertiary/aromatic N) is 4. The molecule has 8 heteroatoms. The quantitative estimate of drug-likeness (QED) is 0.605. The Kier molecular flexibility index (Phi) is 6.11. The van der Waals surface area contributed by atoms with Gasteiger partial charge in [-0.05, 0) is 47.2 Å². The molecule has 3 rings (SSSR count). The molecule has 0 aliphatic carbocycles. The molecule has 0 aliphatic heterocycles. The van der Waals surface area contributed by atoms with Gasteiger partial charge in [0.25, 0.3) is 0 Å². The molecule has 1 N–H and O–H groups in total. The Morgan fingerprint density at radius 1 is 1.15 bits per heavy atom. The Hall–Kier alpha value is -3.26. The van der Waals surface area contributed by atoms with Gasteiger partial charge in [0.05, 0.1) is 12.1 Å². The molecule has 0 saturated heterocycles. The molecule has 3 aromatic rings. The fraction of sp³-hybridized carbons (Fsp3) is 0.263. The van der Waals surface area contributed by atoms with Gasteiger partial charge < -0.3 is 14.6 Å². The molecule has 0 fully saturated rings. The summed E-state index contributed by atoms with van der Waals surface area (Å²) in [5.74, 6) is 0.758. The summed E-state index contributed by atoms with van der Waals surface area (Å²) in [6.45, 7) is 2.30. The van der Waals surface area contributed by atoms with Gasteiger partial charge >= 0.3 is 5.97 Å². The van der Waals surface area contributed by atoms with Crippen molar-refractivity contribution in [3.8, 4) is 5.75 Å². The van der Waals surface area contributed by atoms with Crippen molar-refractivity contribution in [2.24, 2.45) is 0 Å². The average Bonchev–Trinajstić information content (AvgIpc) is 3.10. The second kappa shape index (κ2) is 8.91. The molecule has 2 aromatic carbocycles. The van der Waals surface area contributed by atoms with Crippen LogP contribution in [-0.2, 0) is 17.9 Å². The van der Waals surface area contributed by atoms with E-state index in [1.165, 1.54) is 4.68 Å². The molecule has 0 unspecified atom stereocenters. The third-order valence-electron chi connectivity index (χ3n) is 3.84. The van der Waals surface area contributed by atoms with E-state index < -0.39 is 12.1 Å². The molecule has 140 valence electrons. The Morgan fingerprint density at radius 3 is 2.56 bits per heavy atom. The molecule has 1 aromatic heterocycles. The maximum Gasteiger partial charge on any atom is 0.338 e. The van der Waals surface area contributed by atoms with Gasteiger partial charge in [0.1, 0.15) is 30.9 Å². The molecule has 8 nitrogen and oxygen atoms in total. The van der Waals surface area contributed by atoms with Crippen LogP contribution < -0.4 is 4.74 Å². The van der Waals surface area contributed by atoms with E-state index in [9.17, 15) is 9.90 Å². The van der Waals surface area contributed by atoms with Crippen molar-refractivity contribution in [2.45, 2.75) is 26.2 Å². The van der Waals surface area contributed by atoms with Crippen molar-refractivity contribution in [3.63, 3.8) is 0 Å². The van der Waals surface area contributed by atoms with Crippen LogP contribution in [0.5, 0.6) is 5.75 Å². The molecular formula is C19H20N4O4. The van der Waals surface area contributed by atoms with E-state index in [1.807, 2.05) is 30.3 Å². The molecule has 27 heavy (non-hydrogen) atoms. The van der Waals surface area contributed by atoms with Crippen molar-refractivity contribution >= 4 is 5.97 Å². The Balaban J connectivity index is 1.46. The molecule has 0 aliphatic rings. The number of esters is 1. The molecule has 1 heterocycles. The van der Waals surface area contributed by atoms with Crippen molar-refractivity contribution in [2.75, 3.05) is 6.61 Å². The SMILES string of the molecule is Cc1nnnn1C[C@@H](O)COc1ccc(C(=O)OCc2ccccc2)cc1. The number of aliphatic hydroxyl groups is 1. The minimum atomic E-state index is -0.761. The van der Waals surface area contributed by atoms with Crippen LogP contribution in [0.4, 0.5) is 0 Å². The van der Waals surface area contributed by atoms with Gasteiger partial charge in [-0.25, -0.2) is 9.48 Å². The number of carbonyl (C=O) groups is 1. The minimum absolute atomic E-state index is 0.0805. The van der Waals surface area contributed by atoms with E-state index in [4.69, 9.17) is 9.47 Å². The number of rotatable bonds is 8. The summed E-state index contributed by atoms with van der Waals surface area (Å²) in [5, 5.41) is 21.1. The zero-order valence-corrected chi connectivity index (χ0v) is 14.9. The van der Waals surface area contributed by atoms with Gasteiger partial charge in [-0.1, -0.05) is 30.3 Å². The highest BCUT2D eigenvalue weighted by Gasteiger charge is 2.11. The predicted octanol–water partition coefficient (Wildman–Crippen LogP) is 1.78. The molecule has 1 atom stereocenters. The van der Waals surface area contributed by atoms with E-state index >= 15 is 0 Å². The lowest BCUT2D eigenvalue weighted by molar-refractivity contribution is 0.0472. The van der Waals surface area contributed by atoms with Crippen LogP contribution in [0.2, 0.25) is 0 Å². The number of ether oxygens (including phenoxy) is 2. The first-order valence-corrected chi connectivity index (χ1v) is 8.46. The van der Waals surface area contributed by atoms with Gasteiger partial charge in [0, 0.05) is 0 Å². The fourth-order valence-electron chi connectivity index (χ4n) is 2.36. The van der Waals surface area contributed by atoms with Gasteiger partial charge in [0.2, 0.25) is 0 Å². The normalized spacial score (nSPS) is 11.8. The Morgan fingerprint density at radius 2 is 1.89 bits per heavy atom. The first kappa shape index (κ1) is 18.5. The second-order valence-corrected chi connectivity index (χ2v) is 5.96. The monoisotopic (exact) mass is 368 g/mol. The molecule has 0 radical (unpaired) electrons. The molecule has 0 spiro atoms. The number of aliphatic hydroxyl groups excluding tert-OH is 1. The number of aromatic nitrogens is 4. The van der Waals surface area contributed by atoms with Crippen LogP contribution in [0.25, 0.3) is 0 Å². The first-order valence-electron chi connectivity index (χ1n) is 8.46. The highest BCUT2D eigenvalue weighted by atomic mass is 16.5. The average molecular weight is 368 g/mol. The van der Waals surface area contributed by atoms with Crippen LogP contribution in [-0.4, -0.2) is 44.0 Å². The number of hydrogen-bond acceptors (Lipinski definition) is 7. The number of carbonyl (C=O) groups excluding carboxylic acids is 1. The predicted molar refractivity (Wildman–Crippen MR) is 96.1 cm³/mol. The number of benzene rings is 2. The largest absolute Gasteiger partial charge is 0.491 e. The van der Waals surface area contributed by atoms with E-state index in [0.717, 1.165) is 5.56 Å². The van der Waals surface area contributed by atoms with E-state index in [0.29, 0.717) is 17.1 Å². The summed E-state index contributed by atoms with van der Waals surface area (Å²) >= 11 is 0. The van der Waals surface area contributed by atoms with E-state index in [-0.39, 0.29) is 19.8 Å². The lowest BCUT2D eigenvalue weighted by Crippen LogP contribution is -2.24. The van der Waals surface area contributed by atoms with Crippen molar-refractivity contribution in [3.05, 3.63) is 71.5 Å². The lowest BCUT2D eigenvalue weighted by Gasteiger charge is -2.12. The van der Waals surface area contributed by atoms with Crippen LogP contribution in [0, 0.1) is 6.92 Å². The molecular weight excluding hydrogens is 348 g/mol. The highest BCUT2D eigenvalue weighted by Crippen LogP contribution is 2.14. The van der Waals surface area contributed by atoms with Gasteiger partial charge in [-0.2, -0.15) is 0 Å². The van der Waals surface area contributed by atoms with Crippen molar-refractivity contribution in [1.29, 1.82) is 0 Å². The summed E-state index contributed by atoms with van der Waals surface area (Å²) in [6.07, 6.45) is -0.761. The highest BCUT2D eigenvalue weighted by molar-refractivity contribution is 5.89. The maximum absolute atomic E-state index is 12.1. The third kappa shape index (κ3) is 5.35. The summed E-state index contributed by atoms with van der Waals surface area (Å²) in [6, 6.07) is 16.1. The maximum atomic E-state index is 12.1. The van der Waals surface area contributed by atoms with Gasteiger partial charge in [-0.15, -0.1) is 5.10 Å². The standard InChI is InChI=1S/C19H20N4O4/c1-14-20-21-22-23(14)11-17(24)13-26-18-9-7-16(8-10-18)19(25)27-12-15-5-3-2-4-6-15/h2-10,17,24H,11-13H2,1H3/t17-/m1/s1. The number of tetrazole rings is 1. The molecule has 0 saturated carbocycles. The zero-order chi connectivity index (χ0) is 19.1. The van der Waals surface area contributed by atoms with Crippen molar-refractivity contribution in [1.82, 2.24) is 20.2 Å². The van der Waals surface area contributed by atoms with Crippen LogP contribution in [0.1, 0.15) is 21.7 Å². The number of hydrogen-bond donors (Lipinski definition) is 1. The summed E-state index contributed by atoms with van der Waals surface area (Å²) in [5.41, 5.74) is 1.36. The lowest BCUT2D eigenvalue weighted by atomic mass is 10.2. The van der Waals surface area contributed by atoms with E-state index in [2.05, 4.69) is 15.5 Å². The molecule has 0 bridgehead atoms. The third-order valence-corrected chi connectivity index (χ3v) is 3.84. The van der Waals surface area contributed by atoms with Gasteiger partial charge in [0.15, 0.2) is 0 Å². The smallest absolute Gasteiger partial charge is 0.338 e. The zero-order valence-electron chi connectivity index (χ0n) is 14.9. The van der Waals surface area contributed by atoms with E-state index in [1.54, 1.807) is 31.2 Å². The van der Waals surface area contributed by atoms with Crippen LogP contribution in [0.3, 0.4) is 0 Å². The topological polar surface area (TPSA) is 99.4 Å². The summed E-state index contributed by atoms with van der Waals surface area (Å²) < 4.78 is 12.3. The van der Waals surface area contributed by atoms with Gasteiger partial charge in [-0.3, -0.25) is 0 Å². The number of aryl methyl sites for hydroxylation is 1. The fourth-order valence-corrected chi connectivity index (χ4v) is 2.36. The van der Waals surface area contributed by atoms with Crippen LogP contribution >= 0.6 is 0 Å². The minimum Gasteiger partial charge on any atom is -0.491 e. The Labute approximate surface area is 156 Å². The summed E-state index contributed by atoms with van der Waals surface area (Å²) in [4.78, 5) is 12.1. The van der Waals surface area contributed by atoms with Crippen molar-refractivity contribution < 1.29 is 19.4 Å². The Bertz CT molecular complexity index is 865.